The van der Waals surface area contributed by atoms with Crippen LogP contribution in [0.1, 0.15) is 28.8 Å². The van der Waals surface area contributed by atoms with Crippen LogP contribution in [0.4, 0.5) is 0 Å². The van der Waals surface area contributed by atoms with Crippen LogP contribution in [-0.2, 0) is 21.8 Å². The Morgan fingerprint density at radius 1 is 1.31 bits per heavy atom. The molecule has 0 bridgehead atoms. The number of halogens is 1. The van der Waals surface area contributed by atoms with Gasteiger partial charge in [0.1, 0.15) is 0 Å². The van der Waals surface area contributed by atoms with Crippen LogP contribution >= 0.6 is 22.9 Å². The van der Waals surface area contributed by atoms with Crippen molar-refractivity contribution < 1.29 is 17.9 Å². The molecular weight excluding hydrogens is 470 g/mol. The summed E-state index contributed by atoms with van der Waals surface area (Å²) in [6, 6.07) is 9.60. The van der Waals surface area contributed by atoms with Gasteiger partial charge in [-0.15, -0.1) is 0 Å². The first kappa shape index (κ1) is 23.1. The molecule has 1 aliphatic rings. The maximum absolute atomic E-state index is 12.8. The molecule has 2 aromatic carbocycles. The summed E-state index contributed by atoms with van der Waals surface area (Å²) < 4.78 is 35.3. The molecule has 0 N–H and O–H groups in total. The standard InChI is InChI=1S/C22H24ClN3O4S2/c1-14-11-16(23)12-19-20(14)26(3)22(31-19)24-21(27)15-6-8-18(9-7-15)32(28,29)25(2)13-17-5-4-10-30-17/h6-9,11-12,17H,4-5,10,13H2,1-3H3. The number of benzene rings is 2. The fraction of sp³-hybridized carbons (Fsp3) is 0.364. The highest BCUT2D eigenvalue weighted by atomic mass is 35.5. The minimum Gasteiger partial charge on any atom is -0.377 e. The Morgan fingerprint density at radius 3 is 2.69 bits per heavy atom. The van der Waals surface area contributed by atoms with Crippen molar-refractivity contribution in [2.24, 2.45) is 12.0 Å². The lowest BCUT2D eigenvalue weighted by molar-refractivity contribution is 0.0979. The van der Waals surface area contributed by atoms with Gasteiger partial charge in [-0.25, -0.2) is 8.42 Å². The summed E-state index contributed by atoms with van der Waals surface area (Å²) in [5, 5.41) is 0.635. The van der Waals surface area contributed by atoms with E-state index in [4.69, 9.17) is 16.3 Å². The maximum Gasteiger partial charge on any atom is 0.279 e. The molecular formula is C22H24ClN3O4S2. The lowest BCUT2D eigenvalue weighted by Crippen LogP contribution is -2.34. The van der Waals surface area contributed by atoms with Crippen LogP contribution in [0.15, 0.2) is 46.3 Å². The normalized spacial score (nSPS) is 17.5. The minimum absolute atomic E-state index is 0.0741. The number of hydrogen-bond acceptors (Lipinski definition) is 5. The van der Waals surface area contributed by atoms with Crippen molar-refractivity contribution in [2.75, 3.05) is 20.2 Å². The van der Waals surface area contributed by atoms with Crippen LogP contribution in [0.3, 0.4) is 0 Å². The summed E-state index contributed by atoms with van der Waals surface area (Å²) in [7, 11) is -0.268. The van der Waals surface area contributed by atoms with Gasteiger partial charge in [0.2, 0.25) is 10.0 Å². The van der Waals surface area contributed by atoms with E-state index >= 15 is 0 Å². The number of rotatable bonds is 5. The summed E-state index contributed by atoms with van der Waals surface area (Å²) in [4.78, 5) is 17.7. The molecule has 1 amide bonds. The topological polar surface area (TPSA) is 81.0 Å². The van der Waals surface area contributed by atoms with Crippen molar-refractivity contribution >= 4 is 49.1 Å². The van der Waals surface area contributed by atoms with Gasteiger partial charge >= 0.3 is 0 Å². The Bertz CT molecular complexity index is 1340. The summed E-state index contributed by atoms with van der Waals surface area (Å²) in [6.45, 7) is 2.94. The number of thiazole rings is 1. The highest BCUT2D eigenvalue weighted by Gasteiger charge is 2.26. The lowest BCUT2D eigenvalue weighted by Gasteiger charge is -2.20. The number of carbonyl (C=O) groups is 1. The van der Waals surface area contributed by atoms with E-state index < -0.39 is 15.9 Å². The van der Waals surface area contributed by atoms with Crippen LogP contribution in [0, 0.1) is 6.92 Å². The number of likely N-dealkylation sites (N-methyl/N-ethyl adjacent to an activating group) is 1. The maximum atomic E-state index is 12.8. The van der Waals surface area contributed by atoms with E-state index in [2.05, 4.69) is 4.99 Å². The first-order valence-electron chi connectivity index (χ1n) is 10.2. The Hall–Kier alpha value is -2.04. The number of hydrogen-bond donors (Lipinski definition) is 0. The fourth-order valence-electron chi connectivity index (χ4n) is 3.85. The van der Waals surface area contributed by atoms with E-state index in [0.29, 0.717) is 28.5 Å². The molecule has 1 atom stereocenters. The van der Waals surface area contributed by atoms with Crippen molar-refractivity contribution in [3.05, 3.63) is 57.3 Å². The van der Waals surface area contributed by atoms with Crippen molar-refractivity contribution in [1.29, 1.82) is 0 Å². The smallest absolute Gasteiger partial charge is 0.279 e. The van der Waals surface area contributed by atoms with Gasteiger partial charge in [-0.2, -0.15) is 9.30 Å². The second-order valence-electron chi connectivity index (χ2n) is 7.87. The number of ether oxygens (including phenoxy) is 1. The van der Waals surface area contributed by atoms with Gasteiger partial charge in [0.05, 0.1) is 21.2 Å². The van der Waals surface area contributed by atoms with Crippen molar-refractivity contribution in [3.8, 4) is 0 Å². The molecule has 3 aromatic rings. The summed E-state index contributed by atoms with van der Waals surface area (Å²) in [6.07, 6.45) is 1.73. The number of aromatic nitrogens is 1. The van der Waals surface area contributed by atoms with Crippen LogP contribution in [0.2, 0.25) is 5.02 Å². The largest absolute Gasteiger partial charge is 0.377 e. The van der Waals surface area contributed by atoms with Gasteiger partial charge in [0.25, 0.3) is 5.91 Å². The molecule has 0 radical (unpaired) electrons. The molecule has 10 heteroatoms. The average molecular weight is 494 g/mol. The molecule has 0 spiro atoms. The fourth-order valence-corrected chi connectivity index (χ4v) is 6.52. The van der Waals surface area contributed by atoms with E-state index in [1.165, 1.54) is 39.9 Å². The summed E-state index contributed by atoms with van der Waals surface area (Å²) in [5.41, 5.74) is 2.29. The van der Waals surface area contributed by atoms with Crippen LogP contribution in [0.25, 0.3) is 10.2 Å². The molecule has 1 saturated heterocycles. The van der Waals surface area contributed by atoms with E-state index in [1.54, 1.807) is 7.05 Å². The zero-order valence-corrected chi connectivity index (χ0v) is 20.4. The molecule has 0 saturated carbocycles. The summed E-state index contributed by atoms with van der Waals surface area (Å²) in [5.74, 6) is -0.437. The zero-order chi connectivity index (χ0) is 23.0. The predicted octanol–water partition coefficient (Wildman–Crippen LogP) is 3.74. The van der Waals surface area contributed by atoms with Gasteiger partial charge in [-0.05, 0) is 61.7 Å². The highest BCUT2D eigenvalue weighted by Crippen LogP contribution is 2.25. The Balaban J connectivity index is 1.58. The third-order valence-electron chi connectivity index (χ3n) is 5.55. The second-order valence-corrected chi connectivity index (χ2v) is 11.4. The molecule has 4 rings (SSSR count). The van der Waals surface area contributed by atoms with Crippen molar-refractivity contribution in [1.82, 2.24) is 8.87 Å². The van der Waals surface area contributed by atoms with Gasteiger partial charge in [-0.3, -0.25) is 4.79 Å². The SMILES string of the molecule is Cc1cc(Cl)cc2sc(=NC(=O)c3ccc(S(=O)(=O)N(C)CC4CCCO4)cc3)n(C)c12. The molecule has 1 aliphatic heterocycles. The van der Waals surface area contributed by atoms with Gasteiger partial charge < -0.3 is 9.30 Å². The monoisotopic (exact) mass is 493 g/mol. The van der Waals surface area contributed by atoms with E-state index in [9.17, 15) is 13.2 Å². The Kier molecular flexibility index (Phi) is 6.56. The molecule has 32 heavy (non-hydrogen) atoms. The minimum atomic E-state index is -3.66. The van der Waals surface area contributed by atoms with E-state index in [1.807, 2.05) is 30.7 Å². The van der Waals surface area contributed by atoms with Crippen LogP contribution < -0.4 is 4.80 Å². The highest BCUT2D eigenvalue weighted by molar-refractivity contribution is 7.89. The lowest BCUT2D eigenvalue weighted by atomic mass is 10.2. The number of amides is 1. The van der Waals surface area contributed by atoms with Crippen molar-refractivity contribution in [2.45, 2.75) is 30.8 Å². The molecule has 170 valence electrons. The number of carbonyl (C=O) groups excluding carboxylic acids is 1. The third kappa shape index (κ3) is 4.53. The van der Waals surface area contributed by atoms with Crippen molar-refractivity contribution in [3.63, 3.8) is 0 Å². The van der Waals surface area contributed by atoms with Crippen LogP contribution in [-0.4, -0.2) is 49.5 Å². The molecule has 1 fully saturated rings. The third-order valence-corrected chi connectivity index (χ3v) is 8.68. The molecule has 0 aliphatic carbocycles. The molecule has 2 heterocycles. The Morgan fingerprint density at radius 2 is 2.03 bits per heavy atom. The van der Waals surface area contributed by atoms with E-state index in [-0.39, 0.29) is 11.0 Å². The quantitative estimate of drug-likeness (QED) is 0.542. The zero-order valence-electron chi connectivity index (χ0n) is 18.0. The average Bonchev–Trinajstić information content (AvgIpc) is 3.36. The summed E-state index contributed by atoms with van der Waals surface area (Å²) >= 11 is 7.53. The molecule has 7 nitrogen and oxygen atoms in total. The predicted molar refractivity (Wildman–Crippen MR) is 126 cm³/mol. The first-order valence-corrected chi connectivity index (χ1v) is 12.8. The van der Waals surface area contributed by atoms with Gasteiger partial charge in [0.15, 0.2) is 4.80 Å². The molecule has 1 unspecified atom stereocenters. The van der Waals surface area contributed by atoms with Gasteiger partial charge in [0, 0.05) is 37.8 Å². The first-order chi connectivity index (χ1) is 15.2. The van der Waals surface area contributed by atoms with Crippen LogP contribution in [0.5, 0.6) is 0 Å². The number of fused-ring (bicyclic) bond motifs is 1. The number of nitrogens with zero attached hydrogens (tertiary/aromatic N) is 3. The van der Waals surface area contributed by atoms with Gasteiger partial charge in [-0.1, -0.05) is 22.9 Å². The Labute approximate surface area is 196 Å². The van der Waals surface area contributed by atoms with E-state index in [0.717, 1.165) is 28.6 Å². The second kappa shape index (κ2) is 9.07. The number of aryl methyl sites for hydroxylation is 2. The number of sulfonamides is 1. The molecule has 1 aromatic heterocycles.